The lowest BCUT2D eigenvalue weighted by Crippen LogP contribution is -2.44. The van der Waals surface area contributed by atoms with Gasteiger partial charge in [-0.2, -0.15) is 0 Å². The van der Waals surface area contributed by atoms with E-state index >= 15 is 0 Å². The molecule has 7 nitrogen and oxygen atoms in total. The summed E-state index contributed by atoms with van der Waals surface area (Å²) in [6, 6.07) is 1.93. The highest BCUT2D eigenvalue weighted by molar-refractivity contribution is 5.82. The highest BCUT2D eigenvalue weighted by atomic mass is 16.5. The molecule has 7 heteroatoms. The fraction of sp³-hybridized carbons (Fsp3) is 0.364. The number of pyridine rings is 1. The van der Waals surface area contributed by atoms with Gasteiger partial charge in [0.1, 0.15) is 6.04 Å². The lowest BCUT2D eigenvalue weighted by Gasteiger charge is -2.10. The summed E-state index contributed by atoms with van der Waals surface area (Å²) in [6.07, 6.45) is 1.56. The molecule has 1 atom stereocenters. The van der Waals surface area contributed by atoms with Crippen molar-refractivity contribution < 1.29 is 19.4 Å². The van der Waals surface area contributed by atoms with Crippen molar-refractivity contribution >= 4 is 12.0 Å². The Bertz CT molecular complexity index is 436. The van der Waals surface area contributed by atoms with E-state index in [-0.39, 0.29) is 6.54 Å². The second kappa shape index (κ2) is 6.43. The first-order chi connectivity index (χ1) is 8.52. The number of aromatic nitrogens is 1. The van der Waals surface area contributed by atoms with E-state index in [9.17, 15) is 9.59 Å². The van der Waals surface area contributed by atoms with Gasteiger partial charge in [-0.25, -0.2) is 9.78 Å². The molecule has 0 saturated heterocycles. The van der Waals surface area contributed by atoms with Crippen molar-refractivity contribution in [2.24, 2.45) is 0 Å². The molecule has 1 heterocycles. The molecule has 1 unspecified atom stereocenters. The molecule has 0 radical (unpaired) electrons. The Labute approximate surface area is 104 Å². The molecule has 1 aromatic heterocycles. The normalized spacial score (nSPS) is 11.4. The summed E-state index contributed by atoms with van der Waals surface area (Å²) >= 11 is 0. The number of nitrogens with one attached hydrogen (secondary N) is 2. The molecule has 1 aromatic rings. The Morgan fingerprint density at radius 1 is 1.56 bits per heavy atom. The predicted molar refractivity (Wildman–Crippen MR) is 63.3 cm³/mol. The van der Waals surface area contributed by atoms with E-state index in [4.69, 9.17) is 9.84 Å². The quantitative estimate of drug-likeness (QED) is 0.703. The number of amides is 2. The number of rotatable bonds is 5. The van der Waals surface area contributed by atoms with E-state index in [1.54, 1.807) is 18.3 Å². The summed E-state index contributed by atoms with van der Waals surface area (Å²) in [4.78, 5) is 25.8. The molecule has 0 aliphatic rings. The summed E-state index contributed by atoms with van der Waals surface area (Å²) in [7, 11) is 1.50. The Kier molecular flexibility index (Phi) is 4.91. The van der Waals surface area contributed by atoms with Crippen molar-refractivity contribution in [1.29, 1.82) is 0 Å². The number of methoxy groups -OCH3 is 1. The van der Waals surface area contributed by atoms with Gasteiger partial charge in [0.05, 0.1) is 7.11 Å². The Hall–Kier alpha value is -2.31. The van der Waals surface area contributed by atoms with Crippen LogP contribution in [0.2, 0.25) is 0 Å². The van der Waals surface area contributed by atoms with E-state index in [1.807, 2.05) is 0 Å². The lowest BCUT2D eigenvalue weighted by molar-refractivity contribution is -0.138. The predicted octanol–water partition coefficient (Wildman–Crippen LogP) is 0.362. The van der Waals surface area contributed by atoms with Crippen molar-refractivity contribution in [3.8, 4) is 5.88 Å². The SMILES string of the molecule is COc1cc(CNC(=O)NC(C)C(=O)O)ccn1. The van der Waals surface area contributed by atoms with Crippen LogP contribution < -0.4 is 15.4 Å². The van der Waals surface area contributed by atoms with Crippen molar-refractivity contribution in [2.45, 2.75) is 19.5 Å². The van der Waals surface area contributed by atoms with Gasteiger partial charge in [0.25, 0.3) is 0 Å². The van der Waals surface area contributed by atoms with E-state index in [1.165, 1.54) is 14.0 Å². The number of hydrogen-bond acceptors (Lipinski definition) is 4. The number of nitrogens with zero attached hydrogens (tertiary/aromatic N) is 1. The minimum absolute atomic E-state index is 0.261. The van der Waals surface area contributed by atoms with Gasteiger partial charge in [-0.15, -0.1) is 0 Å². The van der Waals surface area contributed by atoms with Crippen molar-refractivity contribution in [3.63, 3.8) is 0 Å². The molecule has 0 aromatic carbocycles. The third-order valence-electron chi connectivity index (χ3n) is 2.18. The third kappa shape index (κ3) is 4.28. The molecule has 2 amide bonds. The van der Waals surface area contributed by atoms with Gasteiger partial charge in [-0.05, 0) is 18.6 Å². The van der Waals surface area contributed by atoms with Crippen LogP contribution >= 0.6 is 0 Å². The van der Waals surface area contributed by atoms with Crippen molar-refractivity contribution in [1.82, 2.24) is 15.6 Å². The molecule has 1 rings (SSSR count). The number of carboxylic acids is 1. The first-order valence-corrected chi connectivity index (χ1v) is 5.29. The molecule has 0 saturated carbocycles. The number of carbonyl (C=O) groups is 2. The third-order valence-corrected chi connectivity index (χ3v) is 2.18. The summed E-state index contributed by atoms with van der Waals surface area (Å²) < 4.78 is 4.94. The first-order valence-electron chi connectivity index (χ1n) is 5.29. The van der Waals surface area contributed by atoms with Gasteiger partial charge in [-0.3, -0.25) is 4.79 Å². The number of carboxylic acid groups (broad SMARTS) is 1. The van der Waals surface area contributed by atoms with Crippen LogP contribution in [0.15, 0.2) is 18.3 Å². The standard InChI is InChI=1S/C11H15N3O4/c1-7(10(15)16)14-11(17)13-6-8-3-4-12-9(5-8)18-2/h3-5,7H,6H2,1-2H3,(H,15,16)(H2,13,14,17). The van der Waals surface area contributed by atoms with E-state index in [2.05, 4.69) is 15.6 Å². The van der Waals surface area contributed by atoms with Crippen LogP contribution in [-0.4, -0.2) is 35.2 Å². The van der Waals surface area contributed by atoms with Gasteiger partial charge in [0.2, 0.25) is 5.88 Å². The molecule has 98 valence electrons. The fourth-order valence-electron chi connectivity index (χ4n) is 1.16. The molecule has 18 heavy (non-hydrogen) atoms. The number of carbonyl (C=O) groups excluding carboxylic acids is 1. The highest BCUT2D eigenvalue weighted by Gasteiger charge is 2.13. The van der Waals surface area contributed by atoms with Gasteiger partial charge < -0.3 is 20.5 Å². The van der Waals surface area contributed by atoms with E-state index < -0.39 is 18.0 Å². The smallest absolute Gasteiger partial charge is 0.325 e. The summed E-state index contributed by atoms with van der Waals surface area (Å²) in [5.41, 5.74) is 0.806. The second-order valence-corrected chi connectivity index (χ2v) is 3.59. The average Bonchev–Trinajstić information content (AvgIpc) is 2.36. The summed E-state index contributed by atoms with van der Waals surface area (Å²) in [5, 5.41) is 13.4. The second-order valence-electron chi connectivity index (χ2n) is 3.59. The monoisotopic (exact) mass is 253 g/mol. The Morgan fingerprint density at radius 2 is 2.28 bits per heavy atom. The number of hydrogen-bond donors (Lipinski definition) is 3. The van der Waals surface area contributed by atoms with Crippen LogP contribution in [0.4, 0.5) is 4.79 Å². The Morgan fingerprint density at radius 3 is 2.89 bits per heavy atom. The minimum Gasteiger partial charge on any atom is -0.481 e. The average molecular weight is 253 g/mol. The molecule has 0 aliphatic carbocycles. The minimum atomic E-state index is -1.09. The van der Waals surface area contributed by atoms with Gasteiger partial charge in [-0.1, -0.05) is 0 Å². The maximum atomic E-state index is 11.4. The van der Waals surface area contributed by atoms with Gasteiger partial charge >= 0.3 is 12.0 Å². The van der Waals surface area contributed by atoms with E-state index in [0.29, 0.717) is 5.88 Å². The van der Waals surface area contributed by atoms with Crippen LogP contribution in [0.25, 0.3) is 0 Å². The number of ether oxygens (including phenoxy) is 1. The van der Waals surface area contributed by atoms with Crippen LogP contribution in [0.1, 0.15) is 12.5 Å². The van der Waals surface area contributed by atoms with Crippen LogP contribution in [-0.2, 0) is 11.3 Å². The topological polar surface area (TPSA) is 101 Å². The van der Waals surface area contributed by atoms with Gasteiger partial charge in [0, 0.05) is 18.8 Å². The largest absolute Gasteiger partial charge is 0.481 e. The summed E-state index contributed by atoms with van der Waals surface area (Å²) in [6.45, 7) is 1.65. The summed E-state index contributed by atoms with van der Waals surface area (Å²) in [5.74, 6) is -0.635. The maximum absolute atomic E-state index is 11.4. The number of urea groups is 1. The zero-order valence-electron chi connectivity index (χ0n) is 10.1. The molecular formula is C11H15N3O4. The molecule has 3 N–H and O–H groups in total. The zero-order chi connectivity index (χ0) is 13.5. The van der Waals surface area contributed by atoms with Crippen LogP contribution in [0, 0.1) is 0 Å². The zero-order valence-corrected chi connectivity index (χ0v) is 10.1. The highest BCUT2D eigenvalue weighted by Crippen LogP contribution is 2.07. The first kappa shape index (κ1) is 13.8. The maximum Gasteiger partial charge on any atom is 0.325 e. The van der Waals surface area contributed by atoms with Crippen molar-refractivity contribution in [3.05, 3.63) is 23.9 Å². The van der Waals surface area contributed by atoms with Crippen LogP contribution in [0.5, 0.6) is 5.88 Å². The fourth-order valence-corrected chi connectivity index (χ4v) is 1.16. The molecule has 0 spiro atoms. The number of aliphatic carboxylic acids is 1. The molecule has 0 bridgehead atoms. The van der Waals surface area contributed by atoms with Crippen LogP contribution in [0.3, 0.4) is 0 Å². The molecule has 0 aliphatic heterocycles. The van der Waals surface area contributed by atoms with Crippen molar-refractivity contribution in [2.75, 3.05) is 7.11 Å². The molecule has 0 fully saturated rings. The Balaban J connectivity index is 2.44. The lowest BCUT2D eigenvalue weighted by atomic mass is 10.2. The van der Waals surface area contributed by atoms with Gasteiger partial charge in [0.15, 0.2) is 0 Å². The molecular weight excluding hydrogens is 238 g/mol. The van der Waals surface area contributed by atoms with E-state index in [0.717, 1.165) is 5.56 Å².